The summed E-state index contributed by atoms with van der Waals surface area (Å²) in [7, 11) is 0. The minimum Gasteiger partial charge on any atom is -0.458 e. The van der Waals surface area contributed by atoms with E-state index in [1.807, 2.05) is 6.07 Å². The molecule has 0 aliphatic carbocycles. The molecule has 0 spiro atoms. The number of hydrogen-bond acceptors (Lipinski definition) is 2. The fourth-order valence-corrected chi connectivity index (χ4v) is 1.04. The lowest BCUT2D eigenvalue weighted by molar-refractivity contribution is 0.0549. The molecule has 74 valence electrons. The zero-order chi connectivity index (χ0) is 10.2. The molecule has 0 saturated carbocycles. The van der Waals surface area contributed by atoms with Gasteiger partial charge in [0.2, 0.25) is 0 Å². The fraction of sp³-hybridized carbons (Fsp3) is 0.182. The molecule has 3 heteroatoms. The lowest BCUT2D eigenvalue weighted by Gasteiger charge is -2.00. The topological polar surface area (TPSA) is 26.3 Å². The van der Waals surface area contributed by atoms with Crippen LogP contribution >= 0.6 is 11.6 Å². The SMILES string of the molecule is O=C(OCC=CCCl)c1ccccc1. The molecule has 2 nitrogen and oxygen atoms in total. The Bertz CT molecular complexity index is 306. The lowest BCUT2D eigenvalue weighted by atomic mass is 10.2. The first-order chi connectivity index (χ1) is 6.84. The Kier molecular flexibility index (Phi) is 4.79. The first kappa shape index (κ1) is 10.8. The third-order valence-electron chi connectivity index (χ3n) is 1.58. The van der Waals surface area contributed by atoms with Crippen LogP contribution in [0.25, 0.3) is 0 Å². The van der Waals surface area contributed by atoms with Gasteiger partial charge in [0.05, 0.1) is 5.56 Å². The van der Waals surface area contributed by atoms with E-state index in [1.165, 1.54) is 0 Å². The molecule has 0 fully saturated rings. The Balaban J connectivity index is 2.40. The van der Waals surface area contributed by atoms with Crippen molar-refractivity contribution >= 4 is 17.6 Å². The number of carbonyl (C=O) groups excluding carboxylic acids is 1. The summed E-state index contributed by atoms with van der Waals surface area (Å²) >= 11 is 5.41. The van der Waals surface area contributed by atoms with E-state index in [0.29, 0.717) is 11.4 Å². The van der Waals surface area contributed by atoms with Crippen LogP contribution in [0.5, 0.6) is 0 Å². The van der Waals surface area contributed by atoms with Crippen LogP contribution < -0.4 is 0 Å². The van der Waals surface area contributed by atoms with Crippen LogP contribution in [0.1, 0.15) is 10.4 Å². The molecule has 0 aliphatic heterocycles. The van der Waals surface area contributed by atoms with E-state index in [1.54, 1.807) is 36.4 Å². The molecule has 0 N–H and O–H groups in total. The summed E-state index contributed by atoms with van der Waals surface area (Å²) in [6.07, 6.45) is 3.45. The predicted molar refractivity (Wildman–Crippen MR) is 56.6 cm³/mol. The van der Waals surface area contributed by atoms with Crippen molar-refractivity contribution < 1.29 is 9.53 Å². The predicted octanol–water partition coefficient (Wildman–Crippen LogP) is 2.64. The minimum atomic E-state index is -0.315. The van der Waals surface area contributed by atoms with Crippen molar-refractivity contribution in [2.75, 3.05) is 12.5 Å². The van der Waals surface area contributed by atoms with E-state index in [2.05, 4.69) is 0 Å². The maximum Gasteiger partial charge on any atom is 0.338 e. The Hall–Kier alpha value is -1.28. The van der Waals surface area contributed by atoms with Crippen molar-refractivity contribution in [1.82, 2.24) is 0 Å². The summed E-state index contributed by atoms with van der Waals surface area (Å²) in [4.78, 5) is 11.3. The quantitative estimate of drug-likeness (QED) is 0.434. The molecule has 14 heavy (non-hydrogen) atoms. The normalized spacial score (nSPS) is 10.4. The summed E-state index contributed by atoms with van der Waals surface area (Å²) < 4.78 is 4.95. The molecule has 0 aromatic heterocycles. The summed E-state index contributed by atoms with van der Waals surface area (Å²) in [5, 5.41) is 0. The van der Waals surface area contributed by atoms with Crippen molar-refractivity contribution in [3.8, 4) is 0 Å². The number of carbonyl (C=O) groups is 1. The number of allylic oxidation sites excluding steroid dienone is 1. The van der Waals surface area contributed by atoms with E-state index in [0.717, 1.165) is 0 Å². The van der Waals surface area contributed by atoms with Gasteiger partial charge in [-0.3, -0.25) is 0 Å². The first-order valence-corrected chi connectivity index (χ1v) is 4.81. The molecule has 0 unspecified atom stereocenters. The molecule has 1 rings (SSSR count). The van der Waals surface area contributed by atoms with E-state index in [-0.39, 0.29) is 12.6 Å². The molecule has 0 atom stereocenters. The minimum absolute atomic E-state index is 0.264. The number of halogens is 1. The van der Waals surface area contributed by atoms with E-state index in [4.69, 9.17) is 16.3 Å². The Labute approximate surface area is 88.1 Å². The van der Waals surface area contributed by atoms with Crippen LogP contribution in [0.3, 0.4) is 0 Å². The number of alkyl halides is 1. The number of ether oxygens (including phenoxy) is 1. The third-order valence-corrected chi connectivity index (χ3v) is 1.75. The lowest BCUT2D eigenvalue weighted by Crippen LogP contribution is -2.04. The largest absolute Gasteiger partial charge is 0.458 e. The van der Waals surface area contributed by atoms with Crippen molar-refractivity contribution in [1.29, 1.82) is 0 Å². The number of esters is 1. The van der Waals surface area contributed by atoms with Gasteiger partial charge in [-0.05, 0) is 12.1 Å². The van der Waals surface area contributed by atoms with Gasteiger partial charge in [-0.25, -0.2) is 4.79 Å². The molecule has 1 aromatic carbocycles. The average molecular weight is 211 g/mol. The number of hydrogen-bond donors (Lipinski definition) is 0. The zero-order valence-electron chi connectivity index (χ0n) is 7.65. The zero-order valence-corrected chi connectivity index (χ0v) is 8.41. The van der Waals surface area contributed by atoms with Crippen LogP contribution in [-0.4, -0.2) is 18.5 Å². The standard InChI is InChI=1S/C11H11ClO2/c12-8-4-5-9-14-11(13)10-6-2-1-3-7-10/h1-7H,8-9H2. The highest BCUT2D eigenvalue weighted by Gasteiger charge is 2.03. The van der Waals surface area contributed by atoms with Gasteiger partial charge in [0.1, 0.15) is 6.61 Å². The van der Waals surface area contributed by atoms with E-state index < -0.39 is 0 Å². The maximum absolute atomic E-state index is 11.3. The molecule has 0 aliphatic rings. The van der Waals surface area contributed by atoms with Crippen LogP contribution in [-0.2, 0) is 4.74 Å². The molecule has 0 amide bonds. The van der Waals surface area contributed by atoms with Crippen molar-refractivity contribution in [2.45, 2.75) is 0 Å². The summed E-state index contributed by atoms with van der Waals surface area (Å²) in [6, 6.07) is 8.88. The van der Waals surface area contributed by atoms with Crippen LogP contribution in [0.15, 0.2) is 42.5 Å². The summed E-state index contributed by atoms with van der Waals surface area (Å²) in [6.45, 7) is 0.264. The van der Waals surface area contributed by atoms with Gasteiger partial charge in [0.15, 0.2) is 0 Å². The third kappa shape index (κ3) is 3.62. The summed E-state index contributed by atoms with van der Waals surface area (Å²) in [5.74, 6) is 0.118. The second kappa shape index (κ2) is 6.22. The monoisotopic (exact) mass is 210 g/mol. The van der Waals surface area contributed by atoms with Gasteiger partial charge < -0.3 is 4.74 Å². The molecular formula is C11H11ClO2. The molecule has 0 radical (unpaired) electrons. The molecule has 0 saturated heterocycles. The second-order valence-electron chi connectivity index (χ2n) is 2.59. The van der Waals surface area contributed by atoms with Gasteiger partial charge >= 0.3 is 5.97 Å². The van der Waals surface area contributed by atoms with Crippen LogP contribution in [0.2, 0.25) is 0 Å². The average Bonchev–Trinajstić information content (AvgIpc) is 2.25. The number of benzene rings is 1. The van der Waals surface area contributed by atoms with Gasteiger partial charge in [0.25, 0.3) is 0 Å². The molecule has 1 aromatic rings. The summed E-state index contributed by atoms with van der Waals surface area (Å²) in [5.41, 5.74) is 0.562. The molecule has 0 bridgehead atoms. The Morgan fingerprint density at radius 1 is 1.29 bits per heavy atom. The van der Waals surface area contributed by atoms with Crippen LogP contribution in [0.4, 0.5) is 0 Å². The van der Waals surface area contributed by atoms with Gasteiger partial charge in [0, 0.05) is 5.88 Å². The number of rotatable bonds is 4. The van der Waals surface area contributed by atoms with Crippen molar-refractivity contribution in [2.24, 2.45) is 0 Å². The highest BCUT2D eigenvalue weighted by molar-refractivity contribution is 6.18. The second-order valence-corrected chi connectivity index (χ2v) is 2.90. The van der Waals surface area contributed by atoms with Gasteiger partial charge in [-0.1, -0.05) is 30.4 Å². The fourth-order valence-electron chi connectivity index (χ4n) is 0.912. The highest BCUT2D eigenvalue weighted by Crippen LogP contribution is 2.00. The molecular weight excluding hydrogens is 200 g/mol. The first-order valence-electron chi connectivity index (χ1n) is 4.27. The molecule has 0 heterocycles. The van der Waals surface area contributed by atoms with E-state index in [9.17, 15) is 4.79 Å². The maximum atomic E-state index is 11.3. The van der Waals surface area contributed by atoms with E-state index >= 15 is 0 Å². The van der Waals surface area contributed by atoms with Crippen molar-refractivity contribution in [3.05, 3.63) is 48.0 Å². The van der Waals surface area contributed by atoms with Crippen molar-refractivity contribution in [3.63, 3.8) is 0 Å². The van der Waals surface area contributed by atoms with Crippen LogP contribution in [0, 0.1) is 0 Å². The Morgan fingerprint density at radius 3 is 2.64 bits per heavy atom. The van der Waals surface area contributed by atoms with Gasteiger partial charge in [-0.15, -0.1) is 11.6 Å². The van der Waals surface area contributed by atoms with Gasteiger partial charge in [-0.2, -0.15) is 0 Å². The smallest absolute Gasteiger partial charge is 0.338 e. The Morgan fingerprint density at radius 2 is 2.00 bits per heavy atom. The highest BCUT2D eigenvalue weighted by atomic mass is 35.5.